The highest BCUT2D eigenvalue weighted by Crippen LogP contribution is 2.21. The van der Waals surface area contributed by atoms with Crippen molar-refractivity contribution in [2.24, 2.45) is 0 Å². The molecule has 0 spiro atoms. The van der Waals surface area contributed by atoms with E-state index in [4.69, 9.17) is 11.6 Å². The lowest BCUT2D eigenvalue weighted by molar-refractivity contribution is 0.102. The molecule has 5 nitrogen and oxygen atoms in total. The van der Waals surface area contributed by atoms with Crippen molar-refractivity contribution < 1.29 is 4.79 Å². The van der Waals surface area contributed by atoms with E-state index in [0.29, 0.717) is 10.6 Å². The number of hydrogen-bond donors (Lipinski definition) is 1. The van der Waals surface area contributed by atoms with E-state index in [-0.39, 0.29) is 5.91 Å². The molecule has 0 aliphatic carbocycles. The number of hydrogen-bond acceptors (Lipinski definition) is 4. The molecule has 1 aliphatic heterocycles. The smallest absolute Gasteiger partial charge is 0.257 e. The Balaban J connectivity index is 1.74. The predicted octanol–water partition coefficient (Wildman–Crippen LogP) is 3.05. The van der Waals surface area contributed by atoms with Crippen molar-refractivity contribution >= 4 is 28.9 Å². The highest BCUT2D eigenvalue weighted by Gasteiger charge is 2.16. The fourth-order valence-electron chi connectivity index (χ4n) is 2.75. The number of anilines is 2. The summed E-state index contributed by atoms with van der Waals surface area (Å²) in [7, 11) is 2.12. The summed E-state index contributed by atoms with van der Waals surface area (Å²) in [5.41, 5.74) is 3.23. The summed E-state index contributed by atoms with van der Waals surface area (Å²) in [4.78, 5) is 21.3. The van der Waals surface area contributed by atoms with Crippen molar-refractivity contribution in [1.82, 2.24) is 9.88 Å². The van der Waals surface area contributed by atoms with Crippen molar-refractivity contribution in [3.8, 4) is 0 Å². The number of piperazine rings is 1. The Labute approximate surface area is 147 Å². The zero-order chi connectivity index (χ0) is 17.1. The second kappa shape index (κ2) is 7.20. The third kappa shape index (κ3) is 3.86. The van der Waals surface area contributed by atoms with Gasteiger partial charge in [-0.3, -0.25) is 9.78 Å². The lowest BCUT2D eigenvalue weighted by Crippen LogP contribution is -2.44. The minimum atomic E-state index is -0.163. The quantitative estimate of drug-likeness (QED) is 0.929. The van der Waals surface area contributed by atoms with Gasteiger partial charge in [-0.2, -0.15) is 0 Å². The summed E-state index contributed by atoms with van der Waals surface area (Å²) in [5.74, 6) is -0.163. The minimum Gasteiger partial charge on any atom is -0.368 e. The lowest BCUT2D eigenvalue weighted by Gasteiger charge is -2.33. The maximum Gasteiger partial charge on any atom is 0.257 e. The number of nitrogens with zero attached hydrogens (tertiary/aromatic N) is 3. The van der Waals surface area contributed by atoms with Crippen LogP contribution in [0, 0.1) is 6.92 Å². The molecule has 1 N–H and O–H groups in total. The van der Waals surface area contributed by atoms with Crippen LogP contribution in [-0.2, 0) is 0 Å². The number of nitrogens with one attached hydrogen (secondary N) is 1. The molecule has 0 saturated carbocycles. The first-order valence-electron chi connectivity index (χ1n) is 7.99. The molecule has 2 aromatic rings. The van der Waals surface area contributed by atoms with Crippen LogP contribution in [0.3, 0.4) is 0 Å². The van der Waals surface area contributed by atoms with Crippen molar-refractivity contribution in [3.05, 3.63) is 52.8 Å². The molecule has 1 aliphatic rings. The predicted molar refractivity (Wildman–Crippen MR) is 98.1 cm³/mol. The molecule has 1 aromatic carbocycles. The van der Waals surface area contributed by atoms with Gasteiger partial charge in [0, 0.05) is 43.1 Å². The summed E-state index contributed by atoms with van der Waals surface area (Å²) < 4.78 is 0. The summed E-state index contributed by atoms with van der Waals surface area (Å²) in [5, 5.41) is 3.58. The Morgan fingerprint density at radius 2 is 1.92 bits per heavy atom. The topological polar surface area (TPSA) is 48.5 Å². The van der Waals surface area contributed by atoms with Gasteiger partial charge in [-0.1, -0.05) is 11.6 Å². The number of aromatic nitrogens is 1. The fourth-order valence-corrected chi connectivity index (χ4v) is 2.98. The van der Waals surface area contributed by atoms with Crippen LogP contribution >= 0.6 is 11.6 Å². The highest BCUT2D eigenvalue weighted by molar-refractivity contribution is 6.30. The number of carbonyl (C=O) groups is 1. The first-order chi connectivity index (χ1) is 11.5. The molecule has 126 valence electrons. The molecule has 1 fully saturated rings. The standard InChI is InChI=1S/C18H21ClN4O/c1-13-9-15(19)3-4-17(13)21-18(24)14-10-16(12-20-11-14)23-7-5-22(2)6-8-23/h3-4,9-12H,5-8H2,1-2H3,(H,21,24). The summed E-state index contributed by atoms with van der Waals surface area (Å²) in [6.07, 6.45) is 3.41. The number of aryl methyl sites for hydroxylation is 1. The number of likely N-dealkylation sites (N-methyl/N-ethyl adjacent to an activating group) is 1. The number of benzene rings is 1. The van der Waals surface area contributed by atoms with E-state index in [2.05, 4.69) is 27.1 Å². The zero-order valence-corrected chi connectivity index (χ0v) is 14.7. The van der Waals surface area contributed by atoms with Crippen molar-refractivity contribution in [2.45, 2.75) is 6.92 Å². The molecule has 2 heterocycles. The Kier molecular flexibility index (Phi) is 5.02. The van der Waals surface area contributed by atoms with E-state index >= 15 is 0 Å². The molecular formula is C18H21ClN4O. The largest absolute Gasteiger partial charge is 0.368 e. The van der Waals surface area contributed by atoms with Crippen LogP contribution in [0.1, 0.15) is 15.9 Å². The Morgan fingerprint density at radius 3 is 2.62 bits per heavy atom. The second-order valence-corrected chi connectivity index (χ2v) is 6.57. The molecule has 0 unspecified atom stereocenters. The van der Waals surface area contributed by atoms with Gasteiger partial charge in [0.2, 0.25) is 0 Å². The number of pyridine rings is 1. The third-order valence-electron chi connectivity index (χ3n) is 4.29. The average Bonchev–Trinajstić information content (AvgIpc) is 2.58. The molecule has 1 saturated heterocycles. The highest BCUT2D eigenvalue weighted by atomic mass is 35.5. The van der Waals surface area contributed by atoms with Crippen LogP contribution in [0.4, 0.5) is 11.4 Å². The maximum atomic E-state index is 12.5. The maximum absolute atomic E-state index is 12.5. The molecule has 24 heavy (non-hydrogen) atoms. The van der Waals surface area contributed by atoms with Gasteiger partial charge in [0.1, 0.15) is 0 Å². The molecule has 3 rings (SSSR count). The van der Waals surface area contributed by atoms with Crippen molar-refractivity contribution in [2.75, 3.05) is 43.4 Å². The number of amides is 1. The third-order valence-corrected chi connectivity index (χ3v) is 4.53. The SMILES string of the molecule is Cc1cc(Cl)ccc1NC(=O)c1cncc(N2CCN(C)CC2)c1. The average molecular weight is 345 g/mol. The zero-order valence-electron chi connectivity index (χ0n) is 13.9. The van der Waals surface area contributed by atoms with Crippen LogP contribution in [0.25, 0.3) is 0 Å². The van der Waals surface area contributed by atoms with Crippen LogP contribution < -0.4 is 10.2 Å². The Bertz CT molecular complexity index is 742. The van der Waals surface area contributed by atoms with Crippen molar-refractivity contribution in [1.29, 1.82) is 0 Å². The van der Waals surface area contributed by atoms with E-state index in [0.717, 1.165) is 43.1 Å². The van der Waals surface area contributed by atoms with Gasteiger partial charge in [-0.25, -0.2) is 0 Å². The normalized spacial score (nSPS) is 15.4. The van der Waals surface area contributed by atoms with Crippen LogP contribution in [0.2, 0.25) is 5.02 Å². The number of halogens is 1. The fraction of sp³-hybridized carbons (Fsp3) is 0.333. The first kappa shape index (κ1) is 16.7. The van der Waals surface area contributed by atoms with Gasteiger partial charge in [-0.15, -0.1) is 0 Å². The minimum absolute atomic E-state index is 0.163. The van der Waals surface area contributed by atoms with Gasteiger partial charge in [0.15, 0.2) is 0 Å². The van der Waals surface area contributed by atoms with E-state index in [9.17, 15) is 4.79 Å². The summed E-state index contributed by atoms with van der Waals surface area (Å²) >= 11 is 5.96. The van der Waals surface area contributed by atoms with Crippen molar-refractivity contribution in [3.63, 3.8) is 0 Å². The Hall–Kier alpha value is -2.11. The summed E-state index contributed by atoms with van der Waals surface area (Å²) in [6.45, 7) is 5.83. The molecule has 0 atom stereocenters. The van der Waals surface area contributed by atoms with Gasteiger partial charge >= 0.3 is 0 Å². The molecule has 0 bridgehead atoms. The van der Waals surface area contributed by atoms with Gasteiger partial charge in [0.25, 0.3) is 5.91 Å². The molecule has 6 heteroatoms. The van der Waals surface area contributed by atoms with E-state index in [1.165, 1.54) is 0 Å². The van der Waals surface area contributed by atoms with Crippen LogP contribution in [0.15, 0.2) is 36.7 Å². The molecular weight excluding hydrogens is 324 g/mol. The molecule has 1 amide bonds. The molecule has 1 aromatic heterocycles. The van der Waals surface area contributed by atoms with Crippen LogP contribution in [0.5, 0.6) is 0 Å². The van der Waals surface area contributed by atoms with Gasteiger partial charge in [0.05, 0.1) is 17.4 Å². The number of carbonyl (C=O) groups excluding carboxylic acids is 1. The van der Waals surface area contributed by atoms with Gasteiger partial charge < -0.3 is 15.1 Å². The number of rotatable bonds is 3. The lowest BCUT2D eigenvalue weighted by atomic mass is 10.1. The monoisotopic (exact) mass is 344 g/mol. The molecule has 0 radical (unpaired) electrons. The summed E-state index contributed by atoms with van der Waals surface area (Å²) in [6, 6.07) is 7.31. The van der Waals surface area contributed by atoms with Crippen LogP contribution in [-0.4, -0.2) is 49.0 Å². The van der Waals surface area contributed by atoms with E-state index in [1.54, 1.807) is 12.3 Å². The second-order valence-electron chi connectivity index (χ2n) is 6.14. The first-order valence-corrected chi connectivity index (χ1v) is 8.37. The Morgan fingerprint density at radius 1 is 1.17 bits per heavy atom. The van der Waals surface area contributed by atoms with E-state index in [1.807, 2.05) is 31.3 Å². The van der Waals surface area contributed by atoms with Gasteiger partial charge in [-0.05, 0) is 43.8 Å². The van der Waals surface area contributed by atoms with E-state index < -0.39 is 0 Å².